The van der Waals surface area contributed by atoms with Crippen LogP contribution in [0, 0.1) is 0 Å². The molecule has 0 radical (unpaired) electrons. The molecule has 0 unspecified atom stereocenters. The summed E-state index contributed by atoms with van der Waals surface area (Å²) in [5.74, 6) is -0.0561. The van der Waals surface area contributed by atoms with Crippen LogP contribution in [0.2, 0.25) is 0 Å². The highest BCUT2D eigenvalue weighted by atomic mass is 16.2. The van der Waals surface area contributed by atoms with E-state index in [2.05, 4.69) is 0 Å². The van der Waals surface area contributed by atoms with Gasteiger partial charge in [0.1, 0.15) is 5.66 Å². The summed E-state index contributed by atoms with van der Waals surface area (Å²) in [4.78, 5) is 26.5. The number of carbonyl (C=O) groups excluding carboxylic acids is 2. The summed E-state index contributed by atoms with van der Waals surface area (Å²) in [5.41, 5.74) is -0.554. The van der Waals surface area contributed by atoms with Crippen LogP contribution in [-0.4, -0.2) is 40.4 Å². The fourth-order valence-electron chi connectivity index (χ4n) is 2.01. The van der Waals surface area contributed by atoms with E-state index >= 15 is 0 Å². The van der Waals surface area contributed by atoms with Crippen molar-refractivity contribution in [2.45, 2.75) is 19.5 Å². The SMILES string of the molecule is CC(C)(N1CC=CC1=O)N1CC=CC1=O. The third-order valence-electron chi connectivity index (χ3n) is 2.95. The molecule has 0 N–H and O–H groups in total. The molecule has 4 heteroatoms. The molecule has 2 aliphatic heterocycles. The van der Waals surface area contributed by atoms with Crippen LogP contribution in [0.25, 0.3) is 0 Å². The maximum absolute atomic E-state index is 11.6. The summed E-state index contributed by atoms with van der Waals surface area (Å²) < 4.78 is 0. The Hall–Kier alpha value is -1.58. The predicted molar refractivity (Wildman–Crippen MR) is 55.8 cm³/mol. The Bertz CT molecular complexity index is 335. The molecule has 0 aromatic rings. The van der Waals surface area contributed by atoms with Crippen molar-refractivity contribution in [1.29, 1.82) is 0 Å². The van der Waals surface area contributed by atoms with E-state index in [1.807, 2.05) is 26.0 Å². The van der Waals surface area contributed by atoms with Crippen molar-refractivity contribution >= 4 is 11.8 Å². The van der Waals surface area contributed by atoms with E-state index in [0.717, 1.165) is 0 Å². The third kappa shape index (κ3) is 1.46. The Morgan fingerprint density at radius 1 is 1.00 bits per heavy atom. The summed E-state index contributed by atoms with van der Waals surface area (Å²) >= 11 is 0. The molecule has 0 aromatic heterocycles. The van der Waals surface area contributed by atoms with E-state index in [9.17, 15) is 9.59 Å². The second-order valence-electron chi connectivity index (χ2n) is 4.20. The van der Waals surface area contributed by atoms with Gasteiger partial charge in [-0.3, -0.25) is 9.59 Å². The number of hydrogen-bond donors (Lipinski definition) is 0. The molecule has 0 bridgehead atoms. The van der Waals surface area contributed by atoms with E-state index in [1.165, 1.54) is 0 Å². The molecule has 80 valence electrons. The first-order valence-corrected chi connectivity index (χ1v) is 5.00. The third-order valence-corrected chi connectivity index (χ3v) is 2.95. The molecular formula is C11H14N2O2. The van der Waals surface area contributed by atoms with Gasteiger partial charge in [0.2, 0.25) is 11.8 Å². The summed E-state index contributed by atoms with van der Waals surface area (Å²) in [6.07, 6.45) is 6.74. The van der Waals surface area contributed by atoms with Crippen molar-refractivity contribution in [2.24, 2.45) is 0 Å². The van der Waals surface area contributed by atoms with Gasteiger partial charge in [-0.2, -0.15) is 0 Å². The molecule has 0 saturated heterocycles. The largest absolute Gasteiger partial charge is 0.313 e. The normalized spacial score (nSPS) is 20.9. The monoisotopic (exact) mass is 206 g/mol. The zero-order valence-corrected chi connectivity index (χ0v) is 8.93. The molecule has 0 aromatic carbocycles. The minimum atomic E-state index is -0.554. The van der Waals surface area contributed by atoms with Gasteiger partial charge in [-0.05, 0) is 13.8 Å². The van der Waals surface area contributed by atoms with Crippen LogP contribution >= 0.6 is 0 Å². The van der Waals surface area contributed by atoms with Crippen molar-refractivity contribution < 1.29 is 9.59 Å². The van der Waals surface area contributed by atoms with Crippen molar-refractivity contribution in [2.75, 3.05) is 13.1 Å². The van der Waals surface area contributed by atoms with Gasteiger partial charge >= 0.3 is 0 Å². The summed E-state index contributed by atoms with van der Waals surface area (Å²) in [7, 11) is 0. The van der Waals surface area contributed by atoms with E-state index in [4.69, 9.17) is 0 Å². The second kappa shape index (κ2) is 3.22. The first kappa shape index (κ1) is 9.96. The van der Waals surface area contributed by atoms with Crippen LogP contribution in [0.15, 0.2) is 24.3 Å². The predicted octanol–water partition coefficient (Wildman–Crippen LogP) is 0.519. The second-order valence-corrected chi connectivity index (χ2v) is 4.20. The highest BCUT2D eigenvalue weighted by molar-refractivity contribution is 5.93. The quantitative estimate of drug-likeness (QED) is 0.661. The Balaban J connectivity index is 2.19. The van der Waals surface area contributed by atoms with Crippen LogP contribution in [0.5, 0.6) is 0 Å². The highest BCUT2D eigenvalue weighted by Crippen LogP contribution is 2.25. The molecule has 0 atom stereocenters. The van der Waals surface area contributed by atoms with E-state index < -0.39 is 5.66 Å². The summed E-state index contributed by atoms with van der Waals surface area (Å²) in [6.45, 7) is 4.94. The lowest BCUT2D eigenvalue weighted by Crippen LogP contribution is -2.58. The van der Waals surface area contributed by atoms with Crippen LogP contribution in [0.1, 0.15) is 13.8 Å². The lowest BCUT2D eigenvalue weighted by atomic mass is 10.1. The van der Waals surface area contributed by atoms with Crippen LogP contribution in [0.4, 0.5) is 0 Å². The number of rotatable bonds is 2. The average Bonchev–Trinajstić information content (AvgIpc) is 2.73. The Morgan fingerprint density at radius 2 is 1.40 bits per heavy atom. The van der Waals surface area contributed by atoms with Gasteiger partial charge in [0, 0.05) is 25.2 Å². The zero-order valence-electron chi connectivity index (χ0n) is 8.93. The lowest BCUT2D eigenvalue weighted by molar-refractivity contribution is -0.145. The molecule has 0 saturated carbocycles. The molecule has 0 fully saturated rings. The topological polar surface area (TPSA) is 40.6 Å². The fraction of sp³-hybridized carbons (Fsp3) is 0.455. The van der Waals surface area contributed by atoms with Crippen LogP contribution < -0.4 is 0 Å². The van der Waals surface area contributed by atoms with Gasteiger partial charge in [0.15, 0.2) is 0 Å². The van der Waals surface area contributed by atoms with Gasteiger partial charge in [0.25, 0.3) is 0 Å². The minimum Gasteiger partial charge on any atom is -0.313 e. The molecule has 2 rings (SSSR count). The van der Waals surface area contributed by atoms with Crippen molar-refractivity contribution in [1.82, 2.24) is 9.80 Å². The number of carbonyl (C=O) groups is 2. The first-order valence-electron chi connectivity index (χ1n) is 5.00. The van der Waals surface area contributed by atoms with Gasteiger partial charge in [-0.15, -0.1) is 0 Å². The van der Waals surface area contributed by atoms with Gasteiger partial charge < -0.3 is 9.80 Å². The van der Waals surface area contributed by atoms with E-state index in [-0.39, 0.29) is 11.8 Å². The number of nitrogens with zero attached hydrogens (tertiary/aromatic N) is 2. The summed E-state index contributed by atoms with van der Waals surface area (Å²) in [5, 5.41) is 0. The Labute approximate surface area is 88.8 Å². The molecule has 15 heavy (non-hydrogen) atoms. The standard InChI is InChI=1S/C11H14N2O2/c1-11(2,12-7-3-5-9(12)14)13-8-4-6-10(13)15/h3-6H,7-8H2,1-2H3. The minimum absolute atomic E-state index is 0.0281. The fourth-order valence-corrected chi connectivity index (χ4v) is 2.01. The van der Waals surface area contributed by atoms with Crippen molar-refractivity contribution in [3.8, 4) is 0 Å². The van der Waals surface area contributed by atoms with E-state index in [0.29, 0.717) is 13.1 Å². The number of hydrogen-bond acceptors (Lipinski definition) is 2. The van der Waals surface area contributed by atoms with Gasteiger partial charge in [-0.25, -0.2) is 0 Å². The Kier molecular flexibility index (Phi) is 2.14. The van der Waals surface area contributed by atoms with Crippen LogP contribution in [0.3, 0.4) is 0 Å². The zero-order chi connectivity index (χ0) is 11.1. The molecule has 4 nitrogen and oxygen atoms in total. The smallest absolute Gasteiger partial charge is 0.248 e. The molecule has 0 aliphatic carbocycles. The average molecular weight is 206 g/mol. The molecule has 2 aliphatic rings. The molecule has 0 spiro atoms. The highest BCUT2D eigenvalue weighted by Gasteiger charge is 2.39. The molecular weight excluding hydrogens is 192 g/mol. The number of amides is 2. The molecule has 2 amide bonds. The lowest BCUT2D eigenvalue weighted by Gasteiger charge is -2.42. The maximum atomic E-state index is 11.6. The van der Waals surface area contributed by atoms with E-state index in [1.54, 1.807) is 22.0 Å². The van der Waals surface area contributed by atoms with Crippen molar-refractivity contribution in [3.05, 3.63) is 24.3 Å². The first-order chi connectivity index (χ1) is 7.03. The molecule has 2 heterocycles. The summed E-state index contributed by atoms with van der Waals surface area (Å²) in [6, 6.07) is 0. The van der Waals surface area contributed by atoms with Crippen molar-refractivity contribution in [3.63, 3.8) is 0 Å². The van der Waals surface area contributed by atoms with Gasteiger partial charge in [0.05, 0.1) is 0 Å². The van der Waals surface area contributed by atoms with Gasteiger partial charge in [-0.1, -0.05) is 12.2 Å². The Morgan fingerprint density at radius 3 is 1.67 bits per heavy atom. The maximum Gasteiger partial charge on any atom is 0.248 e. The van der Waals surface area contributed by atoms with Crippen LogP contribution in [-0.2, 0) is 9.59 Å².